The lowest BCUT2D eigenvalue weighted by atomic mass is 9.86. The van der Waals surface area contributed by atoms with Crippen LogP contribution < -0.4 is 5.73 Å². The molecule has 1 fully saturated rings. The van der Waals surface area contributed by atoms with E-state index in [0.29, 0.717) is 5.92 Å². The number of nitrogens with two attached hydrogens (primary N) is 1. The molecule has 15 heavy (non-hydrogen) atoms. The van der Waals surface area contributed by atoms with Crippen molar-refractivity contribution in [2.45, 2.75) is 45.1 Å². The minimum absolute atomic E-state index is 0.0313. The first-order valence-corrected chi connectivity index (χ1v) is 5.74. The van der Waals surface area contributed by atoms with Crippen molar-refractivity contribution in [1.29, 1.82) is 0 Å². The average molecular weight is 203 g/mol. The van der Waals surface area contributed by atoms with E-state index in [1.165, 1.54) is 11.1 Å². The van der Waals surface area contributed by atoms with E-state index in [-0.39, 0.29) is 11.0 Å². The first-order chi connectivity index (χ1) is 6.84. The second-order valence-corrected chi connectivity index (χ2v) is 5.97. The number of benzene rings is 1. The van der Waals surface area contributed by atoms with Crippen LogP contribution in [0.1, 0.15) is 45.2 Å². The zero-order valence-corrected chi connectivity index (χ0v) is 10.2. The van der Waals surface area contributed by atoms with Crippen molar-refractivity contribution in [3.63, 3.8) is 0 Å². The van der Waals surface area contributed by atoms with Crippen LogP contribution in [0.5, 0.6) is 0 Å². The highest BCUT2D eigenvalue weighted by Crippen LogP contribution is 2.49. The van der Waals surface area contributed by atoms with Gasteiger partial charge >= 0.3 is 0 Å². The van der Waals surface area contributed by atoms with Gasteiger partial charge in [0.05, 0.1) is 0 Å². The van der Waals surface area contributed by atoms with Gasteiger partial charge in [0.2, 0.25) is 0 Å². The molecule has 0 saturated heterocycles. The Morgan fingerprint density at radius 2 is 1.67 bits per heavy atom. The van der Waals surface area contributed by atoms with Gasteiger partial charge in [0.25, 0.3) is 0 Å². The van der Waals surface area contributed by atoms with Crippen LogP contribution in [0.4, 0.5) is 0 Å². The zero-order valence-electron chi connectivity index (χ0n) is 10.2. The highest BCUT2D eigenvalue weighted by atomic mass is 14.8. The summed E-state index contributed by atoms with van der Waals surface area (Å²) >= 11 is 0. The fraction of sp³-hybridized carbons (Fsp3) is 0.571. The van der Waals surface area contributed by atoms with Crippen molar-refractivity contribution in [2.24, 2.45) is 11.7 Å². The highest BCUT2D eigenvalue weighted by Gasteiger charge is 2.48. The summed E-state index contributed by atoms with van der Waals surface area (Å²) < 4.78 is 0. The fourth-order valence-corrected chi connectivity index (χ4v) is 2.13. The summed E-state index contributed by atoms with van der Waals surface area (Å²) in [6.45, 7) is 8.93. The normalized spacial score (nSPS) is 30.3. The Hall–Kier alpha value is -0.820. The van der Waals surface area contributed by atoms with Crippen LogP contribution in [0, 0.1) is 5.92 Å². The fourth-order valence-electron chi connectivity index (χ4n) is 2.13. The molecular formula is C14H21N. The SMILES string of the molecule is CC1CC1(N)c1ccc(C(C)(C)C)cc1. The molecule has 1 saturated carbocycles. The molecule has 0 amide bonds. The van der Waals surface area contributed by atoms with Gasteiger partial charge in [0.15, 0.2) is 0 Å². The topological polar surface area (TPSA) is 26.0 Å². The van der Waals surface area contributed by atoms with Crippen LogP contribution >= 0.6 is 0 Å². The molecule has 1 aromatic rings. The van der Waals surface area contributed by atoms with Crippen LogP contribution in [0.3, 0.4) is 0 Å². The van der Waals surface area contributed by atoms with Gasteiger partial charge in [-0.1, -0.05) is 52.0 Å². The summed E-state index contributed by atoms with van der Waals surface area (Å²) in [5.41, 5.74) is 9.14. The van der Waals surface area contributed by atoms with E-state index in [9.17, 15) is 0 Å². The summed E-state index contributed by atoms with van der Waals surface area (Å²) in [7, 11) is 0. The van der Waals surface area contributed by atoms with E-state index < -0.39 is 0 Å². The van der Waals surface area contributed by atoms with Gasteiger partial charge in [-0.05, 0) is 28.9 Å². The van der Waals surface area contributed by atoms with Gasteiger partial charge in [-0.15, -0.1) is 0 Å². The minimum Gasteiger partial charge on any atom is -0.321 e. The second kappa shape index (κ2) is 3.08. The van der Waals surface area contributed by atoms with Crippen LogP contribution in [0.2, 0.25) is 0 Å². The van der Waals surface area contributed by atoms with Crippen molar-refractivity contribution in [3.8, 4) is 0 Å². The van der Waals surface area contributed by atoms with Crippen molar-refractivity contribution in [2.75, 3.05) is 0 Å². The summed E-state index contributed by atoms with van der Waals surface area (Å²) in [4.78, 5) is 0. The molecule has 0 radical (unpaired) electrons. The lowest BCUT2D eigenvalue weighted by Gasteiger charge is -2.20. The first-order valence-electron chi connectivity index (χ1n) is 5.74. The summed E-state index contributed by atoms with van der Waals surface area (Å²) in [6.07, 6.45) is 1.13. The Labute approximate surface area is 92.7 Å². The molecule has 1 aliphatic carbocycles. The van der Waals surface area contributed by atoms with Crippen LogP contribution in [0.15, 0.2) is 24.3 Å². The number of hydrogen-bond donors (Lipinski definition) is 1. The maximum absolute atomic E-state index is 6.27. The molecule has 82 valence electrons. The van der Waals surface area contributed by atoms with E-state index in [1.54, 1.807) is 0 Å². The van der Waals surface area contributed by atoms with Gasteiger partial charge in [-0.25, -0.2) is 0 Å². The van der Waals surface area contributed by atoms with E-state index in [2.05, 4.69) is 52.0 Å². The van der Waals surface area contributed by atoms with Crippen LogP contribution in [-0.4, -0.2) is 0 Å². The minimum atomic E-state index is -0.0313. The molecule has 2 unspecified atom stereocenters. The molecule has 1 aromatic carbocycles. The van der Waals surface area contributed by atoms with Crippen LogP contribution in [0.25, 0.3) is 0 Å². The molecule has 0 spiro atoms. The zero-order chi connectivity index (χ0) is 11.3. The van der Waals surface area contributed by atoms with Crippen molar-refractivity contribution >= 4 is 0 Å². The standard InChI is InChI=1S/C14H21N/c1-10-9-14(10,15)12-7-5-11(6-8-12)13(2,3)4/h5-8,10H,9,15H2,1-4H3. The van der Waals surface area contributed by atoms with Crippen molar-refractivity contribution in [1.82, 2.24) is 0 Å². The second-order valence-electron chi connectivity index (χ2n) is 5.97. The molecule has 2 N–H and O–H groups in total. The summed E-state index contributed by atoms with van der Waals surface area (Å²) in [5.74, 6) is 0.637. The molecular weight excluding hydrogens is 182 g/mol. The third-order valence-electron chi connectivity index (χ3n) is 3.65. The number of hydrogen-bond acceptors (Lipinski definition) is 1. The molecule has 0 heterocycles. The Morgan fingerprint density at radius 3 is 2.00 bits per heavy atom. The maximum atomic E-state index is 6.27. The first kappa shape index (κ1) is 10.7. The van der Waals surface area contributed by atoms with E-state index >= 15 is 0 Å². The molecule has 2 rings (SSSR count). The average Bonchev–Trinajstić information content (AvgIpc) is 2.75. The third kappa shape index (κ3) is 1.81. The lowest BCUT2D eigenvalue weighted by molar-refractivity contribution is 0.588. The van der Waals surface area contributed by atoms with Gasteiger partial charge < -0.3 is 5.73 Å². The highest BCUT2D eigenvalue weighted by molar-refractivity contribution is 5.35. The smallest absolute Gasteiger partial charge is 0.0439 e. The van der Waals surface area contributed by atoms with Crippen LogP contribution in [-0.2, 0) is 11.0 Å². The summed E-state index contributed by atoms with van der Waals surface area (Å²) in [6, 6.07) is 8.83. The Bertz CT molecular complexity index is 358. The molecule has 0 aromatic heterocycles. The van der Waals surface area contributed by atoms with E-state index in [4.69, 9.17) is 5.73 Å². The quantitative estimate of drug-likeness (QED) is 0.745. The summed E-state index contributed by atoms with van der Waals surface area (Å²) in [5, 5.41) is 0. The lowest BCUT2D eigenvalue weighted by Crippen LogP contribution is -2.21. The third-order valence-corrected chi connectivity index (χ3v) is 3.65. The largest absolute Gasteiger partial charge is 0.321 e. The van der Waals surface area contributed by atoms with Gasteiger partial charge in [0, 0.05) is 5.54 Å². The van der Waals surface area contributed by atoms with E-state index in [0.717, 1.165) is 6.42 Å². The van der Waals surface area contributed by atoms with E-state index in [1.807, 2.05) is 0 Å². The van der Waals surface area contributed by atoms with Crippen molar-refractivity contribution < 1.29 is 0 Å². The van der Waals surface area contributed by atoms with Gasteiger partial charge in [0.1, 0.15) is 0 Å². The number of rotatable bonds is 1. The molecule has 1 heteroatoms. The van der Waals surface area contributed by atoms with Gasteiger partial charge in [-0.3, -0.25) is 0 Å². The molecule has 1 aliphatic rings. The molecule has 0 bridgehead atoms. The van der Waals surface area contributed by atoms with Gasteiger partial charge in [-0.2, -0.15) is 0 Å². The predicted molar refractivity (Wildman–Crippen MR) is 64.8 cm³/mol. The maximum Gasteiger partial charge on any atom is 0.0439 e. The molecule has 0 aliphatic heterocycles. The molecule has 2 atom stereocenters. The Balaban J connectivity index is 2.26. The predicted octanol–water partition coefficient (Wildman–Crippen LogP) is 3.18. The van der Waals surface area contributed by atoms with Crippen molar-refractivity contribution in [3.05, 3.63) is 35.4 Å². The monoisotopic (exact) mass is 203 g/mol. The Kier molecular flexibility index (Phi) is 2.20. The molecule has 1 nitrogen and oxygen atoms in total. The Morgan fingerprint density at radius 1 is 1.20 bits per heavy atom.